The zero-order valence-corrected chi connectivity index (χ0v) is 14.8. The minimum atomic E-state index is -0.275. The highest BCUT2D eigenvalue weighted by molar-refractivity contribution is 5.40. The predicted molar refractivity (Wildman–Crippen MR) is 92.2 cm³/mol. The first kappa shape index (κ1) is 15.2. The fraction of sp³-hybridized carbons (Fsp3) is 0.714. The average molecular weight is 328 g/mol. The van der Waals surface area contributed by atoms with Gasteiger partial charge >= 0.3 is 0 Å². The van der Waals surface area contributed by atoms with E-state index >= 15 is 0 Å². The molecule has 0 aromatic heterocycles. The van der Waals surface area contributed by atoms with E-state index in [2.05, 4.69) is 25.1 Å². The Kier molecular flexibility index (Phi) is 3.31. The highest BCUT2D eigenvalue weighted by atomic mass is 16.7. The van der Waals surface area contributed by atoms with Crippen LogP contribution in [-0.2, 0) is 15.9 Å². The van der Waals surface area contributed by atoms with Crippen molar-refractivity contribution >= 4 is 0 Å². The van der Waals surface area contributed by atoms with E-state index in [1.807, 2.05) is 0 Å². The second-order valence-electron chi connectivity index (χ2n) is 8.42. The third kappa shape index (κ3) is 1.86. The van der Waals surface area contributed by atoms with E-state index in [4.69, 9.17) is 14.2 Å². The molecule has 3 aliphatic carbocycles. The van der Waals surface area contributed by atoms with Crippen LogP contribution in [0.4, 0.5) is 0 Å². The van der Waals surface area contributed by atoms with Gasteiger partial charge in [0.05, 0.1) is 20.3 Å². The fourth-order valence-corrected chi connectivity index (χ4v) is 6.57. The number of hydrogen-bond acceptors (Lipinski definition) is 3. The summed E-state index contributed by atoms with van der Waals surface area (Å²) in [7, 11) is 1.76. The van der Waals surface area contributed by atoms with Crippen LogP contribution >= 0.6 is 0 Å². The molecule has 1 aromatic carbocycles. The maximum atomic E-state index is 6.21. The van der Waals surface area contributed by atoms with Crippen molar-refractivity contribution in [3.05, 3.63) is 29.3 Å². The van der Waals surface area contributed by atoms with Gasteiger partial charge in [-0.3, -0.25) is 0 Å². The third-order valence-electron chi connectivity index (χ3n) is 7.73. The van der Waals surface area contributed by atoms with Gasteiger partial charge in [0.15, 0.2) is 5.79 Å². The molecule has 1 spiro atoms. The first-order valence-electron chi connectivity index (χ1n) is 9.62. The predicted octanol–water partition coefficient (Wildman–Crippen LogP) is 4.29. The molecule has 0 amide bonds. The molecule has 3 heteroatoms. The SMILES string of the molecule is COc1ccc2c(c1)CC[C@H]1[C@H]3CCC4(OCCO4)[C@@]3(C)CC[C@@H]21. The maximum Gasteiger partial charge on any atom is 0.174 e. The standard InChI is InChI=1S/C21H28O3/c1-20-9-7-17-16-6-4-15(22-2)13-14(16)3-5-18(17)19(20)8-10-21(20)23-11-12-24-21/h4,6,13,17-19H,3,5,7-12H2,1-2H3/t17-,18+,19+,20-/m0/s1. The summed E-state index contributed by atoms with van der Waals surface area (Å²) in [6, 6.07) is 6.74. The molecule has 5 rings (SSSR count). The fourth-order valence-electron chi connectivity index (χ4n) is 6.57. The van der Waals surface area contributed by atoms with Crippen LogP contribution in [0.2, 0.25) is 0 Å². The molecule has 1 aromatic rings. The first-order valence-corrected chi connectivity index (χ1v) is 9.62. The maximum absolute atomic E-state index is 6.21. The second-order valence-corrected chi connectivity index (χ2v) is 8.42. The van der Waals surface area contributed by atoms with Crippen LogP contribution in [0.5, 0.6) is 5.75 Å². The van der Waals surface area contributed by atoms with Crippen molar-refractivity contribution in [2.75, 3.05) is 20.3 Å². The van der Waals surface area contributed by atoms with E-state index in [9.17, 15) is 0 Å². The van der Waals surface area contributed by atoms with E-state index in [0.29, 0.717) is 5.92 Å². The molecule has 0 bridgehead atoms. The number of fused-ring (bicyclic) bond motifs is 6. The first-order chi connectivity index (χ1) is 11.7. The van der Waals surface area contributed by atoms with Gasteiger partial charge in [0, 0.05) is 11.8 Å². The molecule has 0 unspecified atom stereocenters. The molecule has 3 fully saturated rings. The minimum Gasteiger partial charge on any atom is -0.497 e. The Balaban J connectivity index is 1.49. The molecule has 2 saturated carbocycles. The lowest BCUT2D eigenvalue weighted by atomic mass is 9.55. The largest absolute Gasteiger partial charge is 0.497 e. The molecule has 0 radical (unpaired) electrons. The number of ether oxygens (including phenoxy) is 3. The third-order valence-corrected chi connectivity index (χ3v) is 7.73. The van der Waals surface area contributed by atoms with Crippen molar-refractivity contribution in [2.45, 2.75) is 57.2 Å². The highest BCUT2D eigenvalue weighted by Crippen LogP contribution is 2.66. The lowest BCUT2D eigenvalue weighted by Gasteiger charge is -2.52. The summed E-state index contributed by atoms with van der Waals surface area (Å²) < 4.78 is 17.9. The van der Waals surface area contributed by atoms with Crippen LogP contribution in [0.1, 0.15) is 56.1 Å². The van der Waals surface area contributed by atoms with Crippen LogP contribution < -0.4 is 4.74 Å². The van der Waals surface area contributed by atoms with E-state index in [1.54, 1.807) is 12.7 Å². The average Bonchev–Trinajstić information content (AvgIpc) is 3.21. The van der Waals surface area contributed by atoms with Crippen LogP contribution in [0.3, 0.4) is 0 Å². The summed E-state index contributed by atoms with van der Waals surface area (Å²) in [5.41, 5.74) is 3.30. The Labute approximate surface area is 144 Å². The lowest BCUT2D eigenvalue weighted by molar-refractivity contribution is -0.237. The molecule has 4 aliphatic rings. The van der Waals surface area contributed by atoms with Gasteiger partial charge in [-0.2, -0.15) is 0 Å². The number of aryl methyl sites for hydroxylation is 1. The zero-order chi connectivity index (χ0) is 16.4. The molecule has 0 N–H and O–H groups in total. The highest BCUT2D eigenvalue weighted by Gasteiger charge is 2.64. The normalized spacial score (nSPS) is 39.3. The van der Waals surface area contributed by atoms with Crippen molar-refractivity contribution < 1.29 is 14.2 Å². The minimum absolute atomic E-state index is 0.203. The van der Waals surface area contributed by atoms with Gasteiger partial charge in [-0.15, -0.1) is 0 Å². The molecular weight excluding hydrogens is 300 g/mol. The Hall–Kier alpha value is -1.06. The summed E-state index contributed by atoms with van der Waals surface area (Å²) in [5.74, 6) is 2.97. The van der Waals surface area contributed by atoms with Crippen molar-refractivity contribution in [3.8, 4) is 5.75 Å². The molecule has 3 nitrogen and oxygen atoms in total. The summed E-state index contributed by atoms with van der Waals surface area (Å²) in [4.78, 5) is 0. The molecule has 1 saturated heterocycles. The number of rotatable bonds is 1. The zero-order valence-electron chi connectivity index (χ0n) is 14.8. The monoisotopic (exact) mass is 328 g/mol. The van der Waals surface area contributed by atoms with Gasteiger partial charge in [-0.05, 0) is 73.1 Å². The van der Waals surface area contributed by atoms with Crippen molar-refractivity contribution in [1.29, 1.82) is 0 Å². The molecule has 1 aliphatic heterocycles. The van der Waals surface area contributed by atoms with Crippen LogP contribution in [0, 0.1) is 17.3 Å². The number of methoxy groups -OCH3 is 1. The van der Waals surface area contributed by atoms with Gasteiger partial charge in [0.2, 0.25) is 0 Å². The summed E-state index contributed by atoms with van der Waals surface area (Å²) in [6.45, 7) is 4.01. The van der Waals surface area contributed by atoms with Gasteiger partial charge in [-0.1, -0.05) is 13.0 Å². The summed E-state index contributed by atoms with van der Waals surface area (Å²) in [6.07, 6.45) is 7.35. The van der Waals surface area contributed by atoms with E-state index in [0.717, 1.165) is 37.2 Å². The van der Waals surface area contributed by atoms with Crippen molar-refractivity contribution in [1.82, 2.24) is 0 Å². The van der Waals surface area contributed by atoms with E-state index in [1.165, 1.54) is 37.7 Å². The van der Waals surface area contributed by atoms with Crippen molar-refractivity contribution in [2.24, 2.45) is 17.3 Å². The van der Waals surface area contributed by atoms with Gasteiger partial charge in [0.25, 0.3) is 0 Å². The quantitative estimate of drug-likeness (QED) is 0.769. The van der Waals surface area contributed by atoms with Crippen molar-refractivity contribution in [3.63, 3.8) is 0 Å². The number of hydrogen-bond donors (Lipinski definition) is 0. The van der Waals surface area contributed by atoms with Gasteiger partial charge in [0.1, 0.15) is 5.75 Å². The van der Waals surface area contributed by atoms with Crippen LogP contribution in [0.15, 0.2) is 18.2 Å². The topological polar surface area (TPSA) is 27.7 Å². The lowest BCUT2D eigenvalue weighted by Crippen LogP contribution is -2.51. The molecule has 4 atom stereocenters. The Bertz CT molecular complexity index is 648. The molecule has 24 heavy (non-hydrogen) atoms. The Morgan fingerprint density at radius 1 is 1.08 bits per heavy atom. The Morgan fingerprint density at radius 3 is 2.71 bits per heavy atom. The summed E-state index contributed by atoms with van der Waals surface area (Å²) in [5, 5.41) is 0. The van der Waals surface area contributed by atoms with Gasteiger partial charge in [-0.25, -0.2) is 0 Å². The van der Waals surface area contributed by atoms with E-state index < -0.39 is 0 Å². The Morgan fingerprint density at radius 2 is 1.92 bits per heavy atom. The van der Waals surface area contributed by atoms with Gasteiger partial charge < -0.3 is 14.2 Å². The molecular formula is C21H28O3. The molecule has 1 heterocycles. The van der Waals surface area contributed by atoms with Crippen LogP contribution in [-0.4, -0.2) is 26.1 Å². The second kappa shape index (κ2) is 5.22. The smallest absolute Gasteiger partial charge is 0.174 e. The number of benzene rings is 1. The molecule has 130 valence electrons. The van der Waals surface area contributed by atoms with Crippen LogP contribution in [0.25, 0.3) is 0 Å². The van der Waals surface area contributed by atoms with E-state index in [-0.39, 0.29) is 11.2 Å². The summed E-state index contributed by atoms with van der Waals surface area (Å²) >= 11 is 0.